The molecule has 2 aromatic rings. The van der Waals surface area contributed by atoms with E-state index in [1.807, 2.05) is 0 Å². The van der Waals surface area contributed by atoms with Crippen molar-refractivity contribution < 1.29 is 8.78 Å². The molecule has 2 N–H and O–H groups in total. The van der Waals surface area contributed by atoms with E-state index in [0.717, 1.165) is 0 Å². The molecule has 16 heavy (non-hydrogen) atoms. The Labute approximate surface area is 92.5 Å². The number of anilines is 1. The molecule has 0 aliphatic rings. The third-order valence-corrected chi connectivity index (χ3v) is 2.47. The molecule has 82 valence electrons. The molecule has 0 fully saturated rings. The van der Waals surface area contributed by atoms with Crippen LogP contribution >= 0.6 is 0 Å². The minimum atomic E-state index is -0.427. The molecule has 0 spiro atoms. The van der Waals surface area contributed by atoms with Gasteiger partial charge < -0.3 is 5.73 Å². The van der Waals surface area contributed by atoms with Gasteiger partial charge in [-0.15, -0.1) is 0 Å². The first-order valence-electron chi connectivity index (χ1n) is 4.89. The molecule has 0 saturated carbocycles. The van der Waals surface area contributed by atoms with Crippen LogP contribution < -0.4 is 5.73 Å². The number of benzene rings is 2. The summed E-state index contributed by atoms with van der Waals surface area (Å²) in [4.78, 5) is 0. The Morgan fingerprint density at radius 3 is 2.19 bits per heavy atom. The van der Waals surface area contributed by atoms with E-state index in [2.05, 4.69) is 0 Å². The van der Waals surface area contributed by atoms with E-state index in [1.165, 1.54) is 19.1 Å². The van der Waals surface area contributed by atoms with Crippen LogP contribution in [0, 0.1) is 18.6 Å². The van der Waals surface area contributed by atoms with E-state index >= 15 is 0 Å². The van der Waals surface area contributed by atoms with Crippen molar-refractivity contribution in [1.82, 2.24) is 0 Å². The van der Waals surface area contributed by atoms with Gasteiger partial charge in [-0.1, -0.05) is 12.1 Å². The molecule has 0 aliphatic heterocycles. The third kappa shape index (κ3) is 1.89. The van der Waals surface area contributed by atoms with Crippen LogP contribution in [-0.2, 0) is 0 Å². The first-order chi connectivity index (χ1) is 7.58. The monoisotopic (exact) mass is 219 g/mol. The summed E-state index contributed by atoms with van der Waals surface area (Å²) >= 11 is 0. The Balaban J connectivity index is 2.56. The molecule has 0 aliphatic carbocycles. The highest BCUT2D eigenvalue weighted by Gasteiger charge is 2.08. The molecule has 0 heterocycles. The summed E-state index contributed by atoms with van der Waals surface area (Å²) in [6.07, 6.45) is 0. The highest BCUT2D eigenvalue weighted by molar-refractivity contribution is 5.66. The van der Waals surface area contributed by atoms with Crippen LogP contribution in [0.4, 0.5) is 14.5 Å². The average Bonchev–Trinajstić information content (AvgIpc) is 2.25. The van der Waals surface area contributed by atoms with Gasteiger partial charge in [-0.3, -0.25) is 0 Å². The van der Waals surface area contributed by atoms with Crippen LogP contribution in [-0.4, -0.2) is 0 Å². The maximum atomic E-state index is 13.6. The van der Waals surface area contributed by atoms with E-state index in [9.17, 15) is 8.78 Å². The maximum absolute atomic E-state index is 13.6. The molecular formula is C13H11F2N. The summed E-state index contributed by atoms with van der Waals surface area (Å²) in [5.74, 6) is -0.836. The van der Waals surface area contributed by atoms with Crippen molar-refractivity contribution in [2.45, 2.75) is 6.92 Å². The number of aryl methyl sites for hydroxylation is 1. The smallest absolute Gasteiger partial charge is 0.131 e. The van der Waals surface area contributed by atoms with E-state index in [-0.39, 0.29) is 5.56 Å². The number of nitrogens with two attached hydrogens (primary N) is 1. The van der Waals surface area contributed by atoms with Gasteiger partial charge in [0.1, 0.15) is 11.6 Å². The van der Waals surface area contributed by atoms with Crippen molar-refractivity contribution in [3.05, 3.63) is 53.6 Å². The van der Waals surface area contributed by atoms with Gasteiger partial charge in [0.2, 0.25) is 0 Å². The van der Waals surface area contributed by atoms with Gasteiger partial charge in [0.15, 0.2) is 0 Å². The number of hydrogen-bond acceptors (Lipinski definition) is 1. The molecule has 0 saturated heterocycles. The predicted molar refractivity (Wildman–Crippen MR) is 60.9 cm³/mol. The van der Waals surface area contributed by atoms with Crippen LogP contribution in [0.3, 0.4) is 0 Å². The predicted octanol–water partition coefficient (Wildman–Crippen LogP) is 3.52. The lowest BCUT2D eigenvalue weighted by atomic mass is 10.0. The highest BCUT2D eigenvalue weighted by Crippen LogP contribution is 2.25. The van der Waals surface area contributed by atoms with Crippen molar-refractivity contribution in [2.75, 3.05) is 5.73 Å². The second kappa shape index (κ2) is 3.93. The molecule has 0 bridgehead atoms. The van der Waals surface area contributed by atoms with Gasteiger partial charge in [-0.25, -0.2) is 8.78 Å². The van der Waals surface area contributed by atoms with Gasteiger partial charge in [-0.2, -0.15) is 0 Å². The number of halogens is 2. The van der Waals surface area contributed by atoms with Crippen LogP contribution in [0.5, 0.6) is 0 Å². The van der Waals surface area contributed by atoms with Gasteiger partial charge >= 0.3 is 0 Å². The van der Waals surface area contributed by atoms with Crippen molar-refractivity contribution >= 4 is 5.69 Å². The molecule has 1 nitrogen and oxygen atoms in total. The van der Waals surface area contributed by atoms with Crippen molar-refractivity contribution in [2.24, 2.45) is 0 Å². The lowest BCUT2D eigenvalue weighted by Gasteiger charge is -2.06. The van der Waals surface area contributed by atoms with Crippen molar-refractivity contribution in [3.8, 4) is 11.1 Å². The minimum absolute atomic E-state index is 0.253. The SMILES string of the molecule is Cc1cc(F)c(-c2ccc(N)cc2)cc1F. The van der Waals surface area contributed by atoms with E-state index in [1.54, 1.807) is 24.3 Å². The van der Waals surface area contributed by atoms with Gasteiger partial charge in [0.05, 0.1) is 0 Å². The number of hydrogen-bond donors (Lipinski definition) is 1. The molecule has 2 aromatic carbocycles. The fourth-order valence-electron chi connectivity index (χ4n) is 1.53. The standard InChI is InChI=1S/C13H11F2N/c1-8-6-13(15)11(7-12(8)14)9-2-4-10(16)5-3-9/h2-7H,16H2,1H3. The van der Waals surface area contributed by atoms with Crippen molar-refractivity contribution in [1.29, 1.82) is 0 Å². The zero-order valence-electron chi connectivity index (χ0n) is 8.80. The first-order valence-corrected chi connectivity index (χ1v) is 4.89. The second-order valence-corrected chi connectivity index (χ2v) is 3.70. The molecule has 0 aromatic heterocycles. The zero-order valence-corrected chi connectivity index (χ0v) is 8.80. The Hall–Kier alpha value is -1.90. The summed E-state index contributed by atoms with van der Waals surface area (Å²) in [6, 6.07) is 9.06. The lowest BCUT2D eigenvalue weighted by Crippen LogP contribution is -1.91. The topological polar surface area (TPSA) is 26.0 Å². The molecule has 0 radical (unpaired) electrons. The largest absolute Gasteiger partial charge is 0.399 e. The summed E-state index contributed by atoms with van der Waals surface area (Å²) in [5, 5.41) is 0. The second-order valence-electron chi connectivity index (χ2n) is 3.70. The molecule has 0 amide bonds. The van der Waals surface area contributed by atoms with Crippen LogP contribution in [0.1, 0.15) is 5.56 Å². The molecule has 3 heteroatoms. The highest BCUT2D eigenvalue weighted by atomic mass is 19.1. The quantitative estimate of drug-likeness (QED) is 0.729. The summed E-state index contributed by atoms with van der Waals surface area (Å²) in [5.41, 5.74) is 7.29. The average molecular weight is 219 g/mol. The van der Waals surface area contributed by atoms with Gasteiger partial charge in [0, 0.05) is 11.3 Å². The third-order valence-electron chi connectivity index (χ3n) is 2.47. The minimum Gasteiger partial charge on any atom is -0.399 e. The van der Waals surface area contributed by atoms with E-state index in [4.69, 9.17) is 5.73 Å². The fraction of sp³-hybridized carbons (Fsp3) is 0.0769. The van der Waals surface area contributed by atoms with Crippen LogP contribution in [0.15, 0.2) is 36.4 Å². The van der Waals surface area contributed by atoms with Crippen LogP contribution in [0.25, 0.3) is 11.1 Å². The maximum Gasteiger partial charge on any atom is 0.131 e. The van der Waals surface area contributed by atoms with Gasteiger partial charge in [0.25, 0.3) is 0 Å². The fourth-order valence-corrected chi connectivity index (χ4v) is 1.53. The molecular weight excluding hydrogens is 208 g/mol. The van der Waals surface area contributed by atoms with Gasteiger partial charge in [-0.05, 0) is 42.3 Å². The Kier molecular flexibility index (Phi) is 2.60. The molecule has 0 unspecified atom stereocenters. The summed E-state index contributed by atoms with van der Waals surface area (Å²) in [6.45, 7) is 1.53. The Morgan fingerprint density at radius 2 is 1.56 bits per heavy atom. The number of nitrogen functional groups attached to an aromatic ring is 1. The Morgan fingerprint density at radius 1 is 0.938 bits per heavy atom. The normalized spacial score (nSPS) is 10.4. The lowest BCUT2D eigenvalue weighted by molar-refractivity contribution is 0.595. The van der Waals surface area contributed by atoms with E-state index < -0.39 is 11.6 Å². The molecule has 2 rings (SSSR count). The zero-order chi connectivity index (χ0) is 11.7. The summed E-state index contributed by atoms with van der Waals surface area (Å²) < 4.78 is 27.0. The molecule has 0 atom stereocenters. The number of rotatable bonds is 1. The van der Waals surface area contributed by atoms with Crippen molar-refractivity contribution in [3.63, 3.8) is 0 Å². The first kappa shape index (κ1) is 10.6. The van der Waals surface area contributed by atoms with E-state index in [0.29, 0.717) is 16.8 Å². The Bertz CT molecular complexity index is 518. The van der Waals surface area contributed by atoms with Crippen LogP contribution in [0.2, 0.25) is 0 Å². The summed E-state index contributed by atoms with van der Waals surface area (Å²) in [7, 11) is 0.